The molecule has 5 N–H and O–H groups in total. The molecule has 0 spiro atoms. The molecule has 0 saturated carbocycles. The Morgan fingerprint density at radius 2 is 2.19 bits per heavy atom. The largest absolute Gasteiger partial charge is 0.388 e. The van der Waals surface area contributed by atoms with Crippen LogP contribution in [-0.2, 0) is 11.2 Å². The van der Waals surface area contributed by atoms with E-state index >= 15 is 0 Å². The third kappa shape index (κ3) is 3.83. The van der Waals surface area contributed by atoms with Gasteiger partial charge in [-0.1, -0.05) is 25.1 Å². The van der Waals surface area contributed by atoms with Crippen LogP contribution in [0.15, 0.2) is 30.5 Å². The Kier molecular flexibility index (Phi) is 4.65. The van der Waals surface area contributed by atoms with E-state index in [2.05, 4.69) is 10.3 Å². The molecule has 2 aromatic rings. The molecule has 2 atom stereocenters. The molecule has 0 aliphatic heterocycles. The van der Waals surface area contributed by atoms with Gasteiger partial charge in [-0.2, -0.15) is 0 Å². The van der Waals surface area contributed by atoms with E-state index < -0.39 is 11.6 Å². The van der Waals surface area contributed by atoms with Gasteiger partial charge in [0, 0.05) is 23.6 Å². The number of fused-ring (bicyclic) bond motifs is 1. The van der Waals surface area contributed by atoms with Crippen molar-refractivity contribution in [3.63, 3.8) is 0 Å². The number of para-hydroxylation sites is 1. The number of carbonyl (C=O) groups is 1. The first-order valence-electron chi connectivity index (χ1n) is 7.23. The van der Waals surface area contributed by atoms with Gasteiger partial charge in [-0.15, -0.1) is 0 Å². The van der Waals surface area contributed by atoms with E-state index in [1.807, 2.05) is 37.4 Å². The number of nitrogens with one attached hydrogen (secondary N) is 2. The van der Waals surface area contributed by atoms with Gasteiger partial charge >= 0.3 is 0 Å². The summed E-state index contributed by atoms with van der Waals surface area (Å²) in [6.45, 7) is 3.78. The maximum atomic E-state index is 12.0. The Morgan fingerprint density at radius 3 is 2.90 bits per heavy atom. The molecule has 0 aliphatic carbocycles. The summed E-state index contributed by atoms with van der Waals surface area (Å²) in [5, 5.41) is 13.7. The lowest BCUT2D eigenvalue weighted by Crippen LogP contribution is -2.47. The first kappa shape index (κ1) is 15.5. The molecular weight excluding hydrogens is 266 g/mol. The normalized spacial score (nSPS) is 15.6. The summed E-state index contributed by atoms with van der Waals surface area (Å²) >= 11 is 0. The number of rotatable bonds is 6. The molecule has 5 heteroatoms. The fourth-order valence-electron chi connectivity index (χ4n) is 2.16. The Balaban J connectivity index is 1.98. The zero-order chi connectivity index (χ0) is 15.5. The zero-order valence-corrected chi connectivity index (χ0v) is 12.5. The average molecular weight is 289 g/mol. The lowest BCUT2D eigenvalue weighted by Gasteiger charge is -2.22. The van der Waals surface area contributed by atoms with Gasteiger partial charge in [-0.3, -0.25) is 4.79 Å². The number of benzene rings is 1. The van der Waals surface area contributed by atoms with Gasteiger partial charge in [-0.25, -0.2) is 0 Å². The molecule has 0 fully saturated rings. The van der Waals surface area contributed by atoms with Crippen LogP contribution >= 0.6 is 0 Å². The van der Waals surface area contributed by atoms with Crippen molar-refractivity contribution < 1.29 is 9.90 Å². The van der Waals surface area contributed by atoms with Crippen LogP contribution in [0.25, 0.3) is 10.9 Å². The maximum Gasteiger partial charge on any atom is 0.237 e. The van der Waals surface area contributed by atoms with Gasteiger partial charge in [0.05, 0.1) is 11.6 Å². The maximum absolute atomic E-state index is 12.0. The van der Waals surface area contributed by atoms with Crippen molar-refractivity contribution in [2.75, 3.05) is 6.54 Å². The summed E-state index contributed by atoms with van der Waals surface area (Å²) in [4.78, 5) is 15.2. The van der Waals surface area contributed by atoms with E-state index in [9.17, 15) is 9.90 Å². The summed E-state index contributed by atoms with van der Waals surface area (Å²) in [6, 6.07) is 7.29. The van der Waals surface area contributed by atoms with Crippen molar-refractivity contribution in [3.8, 4) is 0 Å². The smallest absolute Gasteiger partial charge is 0.237 e. The number of aromatic nitrogens is 1. The minimum absolute atomic E-state index is 0.212. The Hall–Kier alpha value is -1.85. The number of carbonyl (C=O) groups excluding carboxylic acids is 1. The molecule has 0 saturated heterocycles. The number of hydrogen-bond donors (Lipinski definition) is 4. The molecular formula is C16H23N3O2. The van der Waals surface area contributed by atoms with E-state index in [1.165, 1.54) is 0 Å². The van der Waals surface area contributed by atoms with Crippen molar-refractivity contribution >= 4 is 16.8 Å². The SMILES string of the molecule is CCC(C)(O)CNC(=O)[C@H](N)Cc1c[nH]c2ccccc12. The number of aromatic amines is 1. The molecule has 5 nitrogen and oxygen atoms in total. The van der Waals surface area contributed by atoms with Crippen LogP contribution in [0.1, 0.15) is 25.8 Å². The molecule has 0 aliphatic rings. The molecule has 21 heavy (non-hydrogen) atoms. The van der Waals surface area contributed by atoms with Crippen molar-refractivity contribution in [3.05, 3.63) is 36.0 Å². The van der Waals surface area contributed by atoms with Gasteiger partial charge in [0.15, 0.2) is 0 Å². The monoisotopic (exact) mass is 289 g/mol. The summed E-state index contributed by atoms with van der Waals surface area (Å²) in [5.41, 5.74) is 7.13. The Labute approximate surface area is 124 Å². The van der Waals surface area contributed by atoms with Crippen LogP contribution < -0.4 is 11.1 Å². The van der Waals surface area contributed by atoms with E-state index in [-0.39, 0.29) is 12.5 Å². The number of nitrogens with two attached hydrogens (primary N) is 1. The number of hydrogen-bond acceptors (Lipinski definition) is 3. The Morgan fingerprint density at radius 1 is 1.48 bits per heavy atom. The quantitative estimate of drug-likeness (QED) is 0.646. The average Bonchev–Trinajstić information content (AvgIpc) is 2.88. The molecule has 2 rings (SSSR count). The molecule has 114 valence electrons. The van der Waals surface area contributed by atoms with Crippen LogP contribution in [0.3, 0.4) is 0 Å². The van der Waals surface area contributed by atoms with Crippen molar-refractivity contribution in [2.24, 2.45) is 5.73 Å². The highest BCUT2D eigenvalue weighted by Gasteiger charge is 2.21. The second-order valence-corrected chi connectivity index (χ2v) is 5.74. The summed E-state index contributed by atoms with van der Waals surface area (Å²) < 4.78 is 0. The minimum atomic E-state index is -0.893. The molecule has 1 amide bonds. The van der Waals surface area contributed by atoms with Crippen molar-refractivity contribution in [2.45, 2.75) is 38.3 Å². The van der Waals surface area contributed by atoms with E-state index in [1.54, 1.807) is 6.92 Å². The summed E-state index contributed by atoms with van der Waals surface area (Å²) in [5.74, 6) is -0.242. The number of amides is 1. The van der Waals surface area contributed by atoms with Gasteiger partial charge in [0.25, 0.3) is 0 Å². The van der Waals surface area contributed by atoms with Gasteiger partial charge in [0.1, 0.15) is 0 Å². The highest BCUT2D eigenvalue weighted by molar-refractivity contribution is 5.86. The summed E-state index contributed by atoms with van der Waals surface area (Å²) in [7, 11) is 0. The first-order chi connectivity index (χ1) is 9.93. The third-order valence-electron chi connectivity index (χ3n) is 3.86. The van der Waals surface area contributed by atoms with Crippen LogP contribution in [0.5, 0.6) is 0 Å². The van der Waals surface area contributed by atoms with Gasteiger partial charge < -0.3 is 21.1 Å². The molecule has 1 heterocycles. The highest BCUT2D eigenvalue weighted by atomic mass is 16.3. The molecule has 0 radical (unpaired) electrons. The second-order valence-electron chi connectivity index (χ2n) is 5.74. The fraction of sp³-hybridized carbons (Fsp3) is 0.438. The predicted octanol–water partition coefficient (Wildman–Crippen LogP) is 1.31. The lowest BCUT2D eigenvalue weighted by molar-refractivity contribution is -0.123. The van der Waals surface area contributed by atoms with Crippen LogP contribution in [0, 0.1) is 0 Å². The molecule has 1 aromatic carbocycles. The van der Waals surface area contributed by atoms with E-state index in [0.29, 0.717) is 12.8 Å². The fourth-order valence-corrected chi connectivity index (χ4v) is 2.16. The third-order valence-corrected chi connectivity index (χ3v) is 3.86. The topological polar surface area (TPSA) is 91.1 Å². The second kappa shape index (κ2) is 6.28. The Bertz CT molecular complexity index is 619. The van der Waals surface area contributed by atoms with Gasteiger partial charge in [0.2, 0.25) is 5.91 Å². The van der Waals surface area contributed by atoms with Crippen LogP contribution in [0.2, 0.25) is 0 Å². The predicted molar refractivity (Wildman–Crippen MR) is 83.9 cm³/mol. The lowest BCUT2D eigenvalue weighted by atomic mass is 10.0. The standard InChI is InChI=1S/C16H23N3O2/c1-3-16(2,21)10-19-15(20)13(17)8-11-9-18-14-7-5-4-6-12(11)14/h4-7,9,13,18,21H,3,8,10,17H2,1-2H3,(H,19,20)/t13-,16?/m1/s1. The first-order valence-corrected chi connectivity index (χ1v) is 7.23. The minimum Gasteiger partial charge on any atom is -0.388 e. The highest BCUT2D eigenvalue weighted by Crippen LogP contribution is 2.18. The van der Waals surface area contributed by atoms with Crippen LogP contribution in [-0.4, -0.2) is 34.2 Å². The number of H-pyrrole nitrogens is 1. The molecule has 0 bridgehead atoms. The van der Waals surface area contributed by atoms with Crippen molar-refractivity contribution in [1.82, 2.24) is 10.3 Å². The van der Waals surface area contributed by atoms with E-state index in [4.69, 9.17) is 5.73 Å². The van der Waals surface area contributed by atoms with Crippen LogP contribution in [0.4, 0.5) is 0 Å². The van der Waals surface area contributed by atoms with E-state index in [0.717, 1.165) is 16.5 Å². The summed E-state index contributed by atoms with van der Waals surface area (Å²) in [6.07, 6.45) is 2.93. The van der Waals surface area contributed by atoms with Crippen molar-refractivity contribution in [1.29, 1.82) is 0 Å². The van der Waals surface area contributed by atoms with Gasteiger partial charge in [-0.05, 0) is 31.4 Å². The molecule has 1 aromatic heterocycles. The number of aliphatic hydroxyl groups is 1. The molecule has 1 unspecified atom stereocenters. The zero-order valence-electron chi connectivity index (χ0n) is 12.5.